The van der Waals surface area contributed by atoms with Crippen molar-refractivity contribution < 1.29 is 4.90 Å². The van der Waals surface area contributed by atoms with Crippen molar-refractivity contribution in [3.05, 3.63) is 63.6 Å². The molecule has 0 unspecified atom stereocenters. The Morgan fingerprint density at radius 3 is 2.61 bits per heavy atom. The quantitative estimate of drug-likeness (QED) is 0.657. The first-order valence-electron chi connectivity index (χ1n) is 7.32. The van der Waals surface area contributed by atoms with Crippen LogP contribution in [0.1, 0.15) is 11.6 Å². The first-order chi connectivity index (χ1) is 11.0. The number of benzene rings is 2. The van der Waals surface area contributed by atoms with E-state index < -0.39 is 0 Å². The number of rotatable bonds is 5. The molecule has 0 aliphatic heterocycles. The number of nitrogens with one attached hydrogen (secondary N) is 3. The lowest BCUT2D eigenvalue weighted by Crippen LogP contribution is -3.07. The molecule has 122 valence electrons. The molecule has 23 heavy (non-hydrogen) atoms. The smallest absolute Gasteiger partial charge is 0.171 e. The summed E-state index contributed by atoms with van der Waals surface area (Å²) in [5, 5.41) is 7.86. The fourth-order valence-electron chi connectivity index (χ4n) is 2.32. The predicted molar refractivity (Wildman–Crippen MR) is 105 cm³/mol. The Balaban J connectivity index is 1.99. The molecule has 2 rings (SSSR count). The van der Waals surface area contributed by atoms with E-state index in [9.17, 15) is 0 Å². The highest BCUT2D eigenvalue weighted by Crippen LogP contribution is 2.20. The summed E-state index contributed by atoms with van der Waals surface area (Å²) in [5.41, 5.74) is 2.07. The van der Waals surface area contributed by atoms with Crippen molar-refractivity contribution in [2.24, 2.45) is 0 Å². The summed E-state index contributed by atoms with van der Waals surface area (Å²) in [5.74, 6) is 0. The maximum atomic E-state index is 6.33. The molecule has 0 amide bonds. The number of anilines is 1. The van der Waals surface area contributed by atoms with Crippen LogP contribution in [0.25, 0.3) is 0 Å². The second-order valence-electron chi connectivity index (χ2n) is 5.50. The minimum absolute atomic E-state index is 0.214. The van der Waals surface area contributed by atoms with Crippen LogP contribution in [0.4, 0.5) is 5.69 Å². The summed E-state index contributed by atoms with van der Waals surface area (Å²) in [6, 6.07) is 16.0. The maximum absolute atomic E-state index is 6.33. The van der Waals surface area contributed by atoms with Crippen LogP contribution in [-0.2, 0) is 0 Å². The monoisotopic (exact) mass is 412 g/mol. The number of thiocarbonyl (C=S) groups is 1. The third-order valence-electron chi connectivity index (χ3n) is 3.53. The minimum Gasteiger partial charge on any atom is -0.356 e. The standard InChI is InChI=1S/C17H19BrClN3S/c1-22(2)16(14-8-3-4-9-15(14)19)11-20-17(23)21-13-7-5-6-12(18)10-13/h3-10,16H,11H2,1-2H3,(H2,20,21,23)/p+1/t16-/m0/s1. The summed E-state index contributed by atoms with van der Waals surface area (Å²) in [6.45, 7) is 0.700. The van der Waals surface area contributed by atoms with Crippen molar-refractivity contribution >= 4 is 50.5 Å². The first-order valence-corrected chi connectivity index (χ1v) is 8.90. The third-order valence-corrected chi connectivity index (χ3v) is 4.61. The zero-order valence-electron chi connectivity index (χ0n) is 13.1. The topological polar surface area (TPSA) is 28.5 Å². The van der Waals surface area contributed by atoms with Gasteiger partial charge in [0.25, 0.3) is 0 Å². The molecular weight excluding hydrogens is 394 g/mol. The molecule has 0 heterocycles. The normalized spacial score (nSPS) is 12.0. The second kappa shape index (κ2) is 8.64. The van der Waals surface area contributed by atoms with Gasteiger partial charge in [-0.05, 0) is 36.5 Å². The van der Waals surface area contributed by atoms with Crippen molar-refractivity contribution in [1.82, 2.24) is 5.32 Å². The highest BCUT2D eigenvalue weighted by Gasteiger charge is 2.20. The Hall–Kier alpha value is -1.14. The van der Waals surface area contributed by atoms with E-state index in [1.54, 1.807) is 0 Å². The van der Waals surface area contributed by atoms with Gasteiger partial charge in [-0.25, -0.2) is 0 Å². The van der Waals surface area contributed by atoms with Crippen molar-refractivity contribution in [3.63, 3.8) is 0 Å². The van der Waals surface area contributed by atoms with E-state index in [2.05, 4.69) is 46.7 Å². The summed E-state index contributed by atoms with van der Waals surface area (Å²) in [4.78, 5) is 1.29. The number of hydrogen-bond donors (Lipinski definition) is 3. The fourth-order valence-corrected chi connectivity index (χ4v) is 3.19. The van der Waals surface area contributed by atoms with Crippen molar-refractivity contribution in [1.29, 1.82) is 0 Å². The molecule has 0 aliphatic rings. The van der Waals surface area contributed by atoms with Crippen LogP contribution < -0.4 is 15.5 Å². The molecule has 0 aliphatic carbocycles. The number of hydrogen-bond acceptors (Lipinski definition) is 1. The molecule has 2 aromatic carbocycles. The Kier molecular flexibility index (Phi) is 6.84. The van der Waals surface area contributed by atoms with Gasteiger partial charge in [0.2, 0.25) is 0 Å². The number of likely N-dealkylation sites (N-methyl/N-ethyl adjacent to an activating group) is 1. The average molecular weight is 414 g/mol. The molecule has 2 aromatic rings. The molecular formula is C17H20BrClN3S+. The van der Waals surface area contributed by atoms with Crippen LogP contribution in [0, 0.1) is 0 Å². The Morgan fingerprint density at radius 2 is 1.96 bits per heavy atom. The summed E-state index contributed by atoms with van der Waals surface area (Å²) < 4.78 is 1.01. The van der Waals surface area contributed by atoms with Gasteiger partial charge in [-0.1, -0.05) is 51.8 Å². The van der Waals surface area contributed by atoms with Gasteiger partial charge in [-0.15, -0.1) is 0 Å². The molecule has 0 radical (unpaired) electrons. The molecule has 0 saturated carbocycles. The third kappa shape index (κ3) is 5.46. The largest absolute Gasteiger partial charge is 0.356 e. The highest BCUT2D eigenvalue weighted by molar-refractivity contribution is 9.10. The van der Waals surface area contributed by atoms with Gasteiger partial charge < -0.3 is 15.5 Å². The lowest BCUT2D eigenvalue weighted by Gasteiger charge is -2.24. The van der Waals surface area contributed by atoms with E-state index >= 15 is 0 Å². The zero-order chi connectivity index (χ0) is 16.8. The first kappa shape index (κ1) is 18.2. The molecule has 3 N–H and O–H groups in total. The molecule has 0 fully saturated rings. The zero-order valence-corrected chi connectivity index (χ0v) is 16.2. The molecule has 0 bridgehead atoms. The Bertz CT molecular complexity index is 678. The molecule has 0 spiro atoms. The second-order valence-corrected chi connectivity index (χ2v) is 7.23. The fraction of sp³-hybridized carbons (Fsp3) is 0.235. The van der Waals surface area contributed by atoms with Crippen molar-refractivity contribution in [2.45, 2.75) is 6.04 Å². The van der Waals surface area contributed by atoms with Gasteiger partial charge in [-0.3, -0.25) is 0 Å². The van der Waals surface area contributed by atoms with Crippen LogP contribution in [0.3, 0.4) is 0 Å². The van der Waals surface area contributed by atoms with Crippen LogP contribution in [0.5, 0.6) is 0 Å². The van der Waals surface area contributed by atoms with Gasteiger partial charge in [0.05, 0.1) is 20.6 Å². The summed E-state index contributed by atoms with van der Waals surface area (Å²) in [7, 11) is 4.22. The molecule has 3 nitrogen and oxygen atoms in total. The summed E-state index contributed by atoms with van der Waals surface area (Å²) in [6.07, 6.45) is 0. The lowest BCUT2D eigenvalue weighted by atomic mass is 10.1. The van der Waals surface area contributed by atoms with E-state index in [0.29, 0.717) is 11.7 Å². The Morgan fingerprint density at radius 1 is 1.22 bits per heavy atom. The van der Waals surface area contributed by atoms with Crippen LogP contribution >= 0.6 is 39.7 Å². The highest BCUT2D eigenvalue weighted by atomic mass is 79.9. The van der Waals surface area contributed by atoms with E-state index in [0.717, 1.165) is 20.7 Å². The van der Waals surface area contributed by atoms with E-state index in [1.807, 2.05) is 42.5 Å². The SMILES string of the molecule is C[NH+](C)[C@@H](CNC(=S)Nc1cccc(Br)c1)c1ccccc1Cl. The number of quaternary nitrogens is 1. The van der Waals surface area contributed by atoms with Crippen LogP contribution in [-0.4, -0.2) is 25.8 Å². The van der Waals surface area contributed by atoms with Gasteiger partial charge >= 0.3 is 0 Å². The van der Waals surface area contributed by atoms with Crippen molar-refractivity contribution in [2.75, 3.05) is 26.0 Å². The van der Waals surface area contributed by atoms with Crippen LogP contribution in [0.15, 0.2) is 53.0 Å². The molecule has 0 aromatic heterocycles. The molecule has 1 atom stereocenters. The van der Waals surface area contributed by atoms with E-state index in [-0.39, 0.29) is 6.04 Å². The van der Waals surface area contributed by atoms with Gasteiger partial charge in [0.1, 0.15) is 6.04 Å². The van der Waals surface area contributed by atoms with Crippen LogP contribution in [0.2, 0.25) is 5.02 Å². The molecule has 0 saturated heterocycles. The lowest BCUT2D eigenvalue weighted by molar-refractivity contribution is -0.890. The van der Waals surface area contributed by atoms with Gasteiger partial charge in [-0.2, -0.15) is 0 Å². The van der Waals surface area contributed by atoms with E-state index in [4.69, 9.17) is 23.8 Å². The van der Waals surface area contributed by atoms with Gasteiger partial charge in [0, 0.05) is 20.7 Å². The van der Waals surface area contributed by atoms with Crippen molar-refractivity contribution in [3.8, 4) is 0 Å². The van der Waals surface area contributed by atoms with Gasteiger partial charge in [0.15, 0.2) is 5.11 Å². The predicted octanol–water partition coefficient (Wildman–Crippen LogP) is 3.27. The average Bonchev–Trinajstić information content (AvgIpc) is 2.49. The number of halogens is 2. The molecule has 6 heteroatoms. The summed E-state index contributed by atoms with van der Waals surface area (Å²) >= 11 is 15.2. The Labute approximate surface area is 156 Å². The minimum atomic E-state index is 0.214. The maximum Gasteiger partial charge on any atom is 0.171 e. The van der Waals surface area contributed by atoms with E-state index in [1.165, 1.54) is 4.90 Å².